The van der Waals surface area contributed by atoms with Gasteiger partial charge in [-0.1, -0.05) is 12.1 Å². The van der Waals surface area contributed by atoms with E-state index < -0.39 is 36.2 Å². The highest BCUT2D eigenvalue weighted by atomic mass is 19.4. The van der Waals surface area contributed by atoms with Gasteiger partial charge in [-0.05, 0) is 12.5 Å². The van der Waals surface area contributed by atoms with E-state index in [2.05, 4.69) is 9.97 Å². The van der Waals surface area contributed by atoms with E-state index in [1.807, 2.05) is 0 Å². The minimum absolute atomic E-state index is 0.0248. The van der Waals surface area contributed by atoms with Gasteiger partial charge < -0.3 is 14.5 Å². The lowest BCUT2D eigenvalue weighted by Gasteiger charge is -2.24. The first-order chi connectivity index (χ1) is 11.4. The molecule has 2 heterocycles. The number of hydrogen-bond donors (Lipinski definition) is 1. The summed E-state index contributed by atoms with van der Waals surface area (Å²) in [6.07, 6.45) is -3.51. The molecule has 0 radical (unpaired) electrons. The van der Waals surface area contributed by atoms with Crippen molar-refractivity contribution in [3.63, 3.8) is 0 Å². The summed E-state index contributed by atoms with van der Waals surface area (Å²) < 4.78 is 62.0. The third-order valence-corrected chi connectivity index (χ3v) is 3.66. The molecule has 0 fully saturated rings. The molecule has 1 N–H and O–H groups in total. The number of esters is 1. The predicted molar refractivity (Wildman–Crippen MR) is 72.6 cm³/mol. The first-order valence-electron chi connectivity index (χ1n) is 7.05. The van der Waals surface area contributed by atoms with E-state index in [0.29, 0.717) is 5.56 Å². The molecule has 1 atom stereocenters. The van der Waals surface area contributed by atoms with Crippen molar-refractivity contribution >= 4 is 5.97 Å². The predicted octanol–water partition coefficient (Wildman–Crippen LogP) is 3.18. The zero-order chi connectivity index (χ0) is 17.3. The minimum atomic E-state index is -4.64. The van der Waals surface area contributed by atoms with E-state index in [-0.39, 0.29) is 24.5 Å². The van der Waals surface area contributed by atoms with Crippen LogP contribution < -0.4 is 4.74 Å². The van der Waals surface area contributed by atoms with Gasteiger partial charge >= 0.3 is 12.1 Å². The fraction of sp³-hybridized carbons (Fsp3) is 0.333. The second-order valence-corrected chi connectivity index (χ2v) is 5.18. The van der Waals surface area contributed by atoms with Crippen LogP contribution in [0, 0.1) is 5.82 Å². The Morgan fingerprint density at radius 1 is 1.42 bits per heavy atom. The molecule has 0 aliphatic carbocycles. The van der Waals surface area contributed by atoms with Gasteiger partial charge in [0.15, 0.2) is 17.3 Å². The number of halogens is 4. The van der Waals surface area contributed by atoms with Crippen molar-refractivity contribution in [3.8, 4) is 5.75 Å². The number of aromatic amines is 1. The molecule has 2 aromatic rings. The Morgan fingerprint density at radius 3 is 2.96 bits per heavy atom. The Bertz CT molecular complexity index is 757. The highest BCUT2D eigenvalue weighted by Gasteiger charge is 2.37. The summed E-state index contributed by atoms with van der Waals surface area (Å²) in [4.78, 5) is 17.7. The van der Waals surface area contributed by atoms with Crippen LogP contribution in [0.3, 0.4) is 0 Å². The number of alkyl halides is 3. The van der Waals surface area contributed by atoms with Gasteiger partial charge in [0.2, 0.25) is 0 Å². The average Bonchev–Trinajstić information content (AvgIpc) is 3.01. The molecule has 1 aliphatic heterocycles. The van der Waals surface area contributed by atoms with Gasteiger partial charge in [0.05, 0.1) is 24.5 Å². The molecular weight excluding hydrogens is 332 g/mol. The number of fused-ring (bicyclic) bond motifs is 1. The van der Waals surface area contributed by atoms with Crippen molar-refractivity contribution in [1.29, 1.82) is 0 Å². The van der Waals surface area contributed by atoms with Crippen LogP contribution in [0.5, 0.6) is 5.75 Å². The first kappa shape index (κ1) is 16.3. The van der Waals surface area contributed by atoms with Crippen LogP contribution >= 0.6 is 0 Å². The molecular formula is C15H12F4N2O3. The number of rotatable bonds is 3. The number of ether oxygens (including phenoxy) is 2. The van der Waals surface area contributed by atoms with Crippen molar-refractivity contribution < 1.29 is 31.8 Å². The molecule has 0 saturated heterocycles. The normalized spacial score (nSPS) is 17.1. The van der Waals surface area contributed by atoms with Crippen LogP contribution in [0.4, 0.5) is 17.6 Å². The molecule has 5 nitrogen and oxygen atoms in total. The number of nitrogens with one attached hydrogen (secondary N) is 1. The Labute approximate surface area is 133 Å². The van der Waals surface area contributed by atoms with E-state index >= 15 is 0 Å². The van der Waals surface area contributed by atoms with E-state index in [4.69, 9.17) is 9.47 Å². The number of carbonyl (C=O) groups excluding carboxylic acids is 1. The second-order valence-electron chi connectivity index (χ2n) is 5.18. The van der Waals surface area contributed by atoms with Crippen molar-refractivity contribution in [3.05, 3.63) is 47.3 Å². The molecule has 1 aromatic heterocycles. The van der Waals surface area contributed by atoms with E-state index in [1.165, 1.54) is 18.2 Å². The molecule has 0 spiro atoms. The van der Waals surface area contributed by atoms with Crippen LogP contribution in [0.15, 0.2) is 24.5 Å². The van der Waals surface area contributed by atoms with Crippen LogP contribution in [-0.4, -0.2) is 22.5 Å². The summed E-state index contributed by atoms with van der Waals surface area (Å²) in [5, 5.41) is 0. The van der Waals surface area contributed by atoms with Crippen LogP contribution in [-0.2, 0) is 22.3 Å². The lowest BCUT2D eigenvalue weighted by atomic mass is 9.93. The van der Waals surface area contributed by atoms with Crippen molar-refractivity contribution in [2.75, 3.05) is 6.61 Å². The number of hydrogen-bond acceptors (Lipinski definition) is 4. The molecule has 1 aromatic carbocycles. The largest absolute Gasteiger partial charge is 0.490 e. The van der Waals surface area contributed by atoms with Crippen molar-refractivity contribution in [2.45, 2.75) is 25.1 Å². The van der Waals surface area contributed by atoms with Crippen LogP contribution in [0.25, 0.3) is 0 Å². The summed E-state index contributed by atoms with van der Waals surface area (Å²) in [5.41, 5.74) is -1.15. The number of H-pyrrole nitrogens is 1. The Morgan fingerprint density at radius 2 is 2.21 bits per heavy atom. The number of imidazole rings is 1. The van der Waals surface area contributed by atoms with Gasteiger partial charge in [-0.15, -0.1) is 0 Å². The van der Waals surface area contributed by atoms with Gasteiger partial charge in [0, 0.05) is 5.56 Å². The molecule has 1 unspecified atom stereocenters. The van der Waals surface area contributed by atoms with Crippen molar-refractivity contribution in [1.82, 2.24) is 9.97 Å². The van der Waals surface area contributed by atoms with Gasteiger partial charge in [0.1, 0.15) is 6.61 Å². The van der Waals surface area contributed by atoms with E-state index in [1.54, 1.807) is 0 Å². The maximum Gasteiger partial charge on any atom is 0.435 e. The lowest BCUT2D eigenvalue weighted by Crippen LogP contribution is -2.24. The number of carbonyl (C=O) groups is 1. The molecule has 128 valence electrons. The number of para-hydroxylation sites is 1. The summed E-state index contributed by atoms with van der Waals surface area (Å²) in [6.45, 7) is -0.485. The van der Waals surface area contributed by atoms with Crippen LogP contribution in [0.2, 0.25) is 0 Å². The van der Waals surface area contributed by atoms with E-state index in [9.17, 15) is 22.4 Å². The summed E-state index contributed by atoms with van der Waals surface area (Å²) in [5.74, 6) is -2.16. The fourth-order valence-electron chi connectivity index (χ4n) is 2.55. The van der Waals surface area contributed by atoms with Gasteiger partial charge in [-0.2, -0.15) is 13.2 Å². The van der Waals surface area contributed by atoms with E-state index in [0.717, 1.165) is 6.33 Å². The third kappa shape index (κ3) is 3.06. The topological polar surface area (TPSA) is 64.2 Å². The zero-order valence-electron chi connectivity index (χ0n) is 12.2. The Balaban J connectivity index is 1.74. The Kier molecular flexibility index (Phi) is 4.16. The number of nitrogens with zero attached hydrogens (tertiary/aromatic N) is 1. The maximum atomic E-state index is 13.7. The third-order valence-electron chi connectivity index (χ3n) is 3.66. The standard InChI is InChI=1S/C15H12F4N2O3/c16-10-3-1-2-8-9(4-5-23-12(8)10)14(22)24-6-11-13(15(17,18)19)21-7-20-11/h1-3,7,9H,4-6H2,(H,20,21). The average molecular weight is 344 g/mol. The zero-order valence-corrected chi connectivity index (χ0v) is 12.2. The minimum Gasteiger partial charge on any atom is -0.490 e. The summed E-state index contributed by atoms with van der Waals surface area (Å²) in [7, 11) is 0. The molecule has 0 amide bonds. The number of aromatic nitrogens is 2. The van der Waals surface area contributed by atoms with Crippen molar-refractivity contribution in [2.24, 2.45) is 0 Å². The summed E-state index contributed by atoms with van der Waals surface area (Å²) in [6, 6.07) is 4.16. The highest BCUT2D eigenvalue weighted by molar-refractivity contribution is 5.79. The second kappa shape index (κ2) is 6.14. The lowest BCUT2D eigenvalue weighted by molar-refractivity contribution is -0.150. The smallest absolute Gasteiger partial charge is 0.435 e. The quantitative estimate of drug-likeness (QED) is 0.686. The van der Waals surface area contributed by atoms with Crippen LogP contribution in [0.1, 0.15) is 29.3 Å². The molecule has 0 saturated carbocycles. The molecule has 1 aliphatic rings. The fourth-order valence-corrected chi connectivity index (χ4v) is 2.55. The monoisotopic (exact) mass is 344 g/mol. The van der Waals surface area contributed by atoms with Gasteiger partial charge in [-0.25, -0.2) is 9.37 Å². The summed E-state index contributed by atoms with van der Waals surface area (Å²) >= 11 is 0. The first-order valence-corrected chi connectivity index (χ1v) is 7.05. The molecule has 9 heteroatoms. The van der Waals surface area contributed by atoms with Gasteiger partial charge in [0.25, 0.3) is 0 Å². The SMILES string of the molecule is O=C(OCc1[nH]cnc1C(F)(F)F)C1CCOc2c(F)cccc21. The molecule has 3 rings (SSSR count). The number of benzene rings is 1. The molecule has 0 bridgehead atoms. The highest BCUT2D eigenvalue weighted by Crippen LogP contribution is 2.36. The Hall–Kier alpha value is -2.58. The van der Waals surface area contributed by atoms with Gasteiger partial charge in [-0.3, -0.25) is 4.79 Å². The molecule has 24 heavy (non-hydrogen) atoms. The maximum absolute atomic E-state index is 13.7.